The van der Waals surface area contributed by atoms with E-state index in [-0.39, 0.29) is 23.1 Å². The van der Waals surface area contributed by atoms with Crippen LogP contribution in [0.25, 0.3) is 10.8 Å². The molecule has 4 rings (SSSR count). The van der Waals surface area contributed by atoms with Gasteiger partial charge in [-0.1, -0.05) is 54.1 Å². The zero-order chi connectivity index (χ0) is 22.0. The Bertz CT molecular complexity index is 1280. The van der Waals surface area contributed by atoms with Gasteiger partial charge in [0.25, 0.3) is 0 Å². The summed E-state index contributed by atoms with van der Waals surface area (Å²) >= 11 is 6.09. The average Bonchev–Trinajstić information content (AvgIpc) is 2.73. The maximum absolute atomic E-state index is 12.9. The van der Waals surface area contributed by atoms with Crippen molar-refractivity contribution in [3.8, 4) is 17.2 Å². The van der Waals surface area contributed by atoms with Gasteiger partial charge in [0, 0.05) is 0 Å². The highest BCUT2D eigenvalue weighted by molar-refractivity contribution is 6.31. The monoisotopic (exact) mass is 446 g/mol. The van der Waals surface area contributed by atoms with E-state index in [1.165, 1.54) is 23.0 Å². The maximum atomic E-state index is 12.9. The number of alkyl halides is 3. The van der Waals surface area contributed by atoms with Crippen LogP contribution in [-0.2, 0) is 6.54 Å². The summed E-state index contributed by atoms with van der Waals surface area (Å²) in [6.07, 6.45) is -3.52. The molecule has 0 amide bonds. The highest BCUT2D eigenvalue weighted by Gasteiger charge is 2.31. The minimum Gasteiger partial charge on any atom is -0.450 e. The van der Waals surface area contributed by atoms with Crippen molar-refractivity contribution in [1.29, 1.82) is 0 Å². The predicted molar refractivity (Wildman–Crippen MR) is 110 cm³/mol. The topological polar surface area (TPSA) is 53.4 Å². The molecule has 0 saturated carbocycles. The van der Waals surface area contributed by atoms with Gasteiger partial charge in [-0.05, 0) is 40.6 Å². The minimum atomic E-state index is -4.80. The molecule has 0 aliphatic carbocycles. The standard InChI is InChI=1S/C22H14ClF3N2O3/c23-19-12-27-28(13-15-6-3-5-14-4-1-2-7-18(14)15)21(29)20(19)30-16-8-10-17(11-9-16)31-22(24,25)26/h1-12H,13H2. The van der Waals surface area contributed by atoms with Crippen molar-refractivity contribution in [2.24, 2.45) is 0 Å². The molecule has 0 saturated heterocycles. The fourth-order valence-electron chi connectivity index (χ4n) is 3.07. The Kier molecular flexibility index (Phi) is 5.56. The second-order valence-corrected chi connectivity index (χ2v) is 6.95. The number of halogens is 4. The first-order chi connectivity index (χ1) is 14.8. The Morgan fingerprint density at radius 3 is 2.35 bits per heavy atom. The van der Waals surface area contributed by atoms with Crippen molar-refractivity contribution >= 4 is 22.4 Å². The molecule has 0 bridgehead atoms. The van der Waals surface area contributed by atoms with Crippen LogP contribution < -0.4 is 15.0 Å². The third-order valence-corrected chi connectivity index (χ3v) is 4.70. The molecule has 0 N–H and O–H groups in total. The van der Waals surface area contributed by atoms with Crippen LogP contribution in [0, 0.1) is 0 Å². The molecule has 0 spiro atoms. The largest absolute Gasteiger partial charge is 0.573 e. The van der Waals surface area contributed by atoms with Crippen molar-refractivity contribution in [2.45, 2.75) is 12.9 Å². The summed E-state index contributed by atoms with van der Waals surface area (Å²) in [5.74, 6) is -0.466. The number of fused-ring (bicyclic) bond motifs is 1. The second-order valence-electron chi connectivity index (χ2n) is 6.54. The third-order valence-electron chi connectivity index (χ3n) is 4.43. The van der Waals surface area contributed by atoms with Gasteiger partial charge in [0.2, 0.25) is 5.75 Å². The lowest BCUT2D eigenvalue weighted by Crippen LogP contribution is -2.24. The van der Waals surface area contributed by atoms with Crippen LogP contribution in [0.4, 0.5) is 13.2 Å². The molecule has 0 fully saturated rings. The van der Waals surface area contributed by atoms with Crippen LogP contribution in [-0.4, -0.2) is 16.1 Å². The van der Waals surface area contributed by atoms with Gasteiger partial charge in [-0.25, -0.2) is 4.68 Å². The summed E-state index contributed by atoms with van der Waals surface area (Å²) < 4.78 is 47.5. The van der Waals surface area contributed by atoms with E-state index in [1.54, 1.807) is 0 Å². The van der Waals surface area contributed by atoms with Crippen LogP contribution >= 0.6 is 11.6 Å². The molecule has 0 radical (unpaired) electrons. The zero-order valence-corrected chi connectivity index (χ0v) is 16.5. The van der Waals surface area contributed by atoms with Gasteiger partial charge in [0.1, 0.15) is 16.5 Å². The summed E-state index contributed by atoms with van der Waals surface area (Å²) in [6.45, 7) is 0.187. The van der Waals surface area contributed by atoms with Gasteiger partial charge in [0.15, 0.2) is 0 Å². The summed E-state index contributed by atoms with van der Waals surface area (Å²) in [7, 11) is 0. The molecule has 1 aromatic heterocycles. The molecule has 4 aromatic rings. The van der Waals surface area contributed by atoms with E-state index in [1.807, 2.05) is 42.5 Å². The summed E-state index contributed by atoms with van der Waals surface area (Å²) in [5.41, 5.74) is 0.311. The highest BCUT2D eigenvalue weighted by Crippen LogP contribution is 2.29. The van der Waals surface area contributed by atoms with E-state index >= 15 is 0 Å². The number of hydrogen-bond acceptors (Lipinski definition) is 4. The lowest BCUT2D eigenvalue weighted by atomic mass is 10.0. The lowest BCUT2D eigenvalue weighted by Gasteiger charge is -2.12. The number of rotatable bonds is 5. The van der Waals surface area contributed by atoms with Crippen LogP contribution in [0.1, 0.15) is 5.56 Å². The van der Waals surface area contributed by atoms with Crippen molar-refractivity contribution in [1.82, 2.24) is 9.78 Å². The SMILES string of the molecule is O=c1c(Oc2ccc(OC(F)(F)F)cc2)c(Cl)cnn1Cc1cccc2ccccc12. The third kappa shape index (κ3) is 4.80. The fourth-order valence-corrected chi connectivity index (χ4v) is 3.24. The molecule has 0 aliphatic heterocycles. The maximum Gasteiger partial charge on any atom is 0.573 e. The molecule has 3 aromatic carbocycles. The van der Waals surface area contributed by atoms with Gasteiger partial charge >= 0.3 is 11.9 Å². The molecular weight excluding hydrogens is 433 g/mol. The van der Waals surface area contributed by atoms with Crippen molar-refractivity contribution in [3.63, 3.8) is 0 Å². The van der Waals surface area contributed by atoms with E-state index < -0.39 is 17.7 Å². The Hall–Kier alpha value is -3.52. The van der Waals surface area contributed by atoms with Crippen molar-refractivity contribution in [3.05, 3.63) is 93.9 Å². The molecule has 0 atom stereocenters. The van der Waals surface area contributed by atoms with Crippen LogP contribution in [0.15, 0.2) is 77.7 Å². The number of benzene rings is 3. The number of hydrogen-bond donors (Lipinski definition) is 0. The van der Waals surface area contributed by atoms with Crippen LogP contribution in [0.3, 0.4) is 0 Å². The van der Waals surface area contributed by atoms with Gasteiger partial charge in [-0.3, -0.25) is 4.79 Å². The molecule has 0 unspecified atom stereocenters. The molecule has 0 aliphatic rings. The van der Waals surface area contributed by atoms with E-state index in [2.05, 4.69) is 9.84 Å². The quantitative estimate of drug-likeness (QED) is 0.389. The number of ether oxygens (including phenoxy) is 2. The second kappa shape index (κ2) is 8.31. The summed E-state index contributed by atoms with van der Waals surface area (Å²) in [6, 6.07) is 18.1. The molecule has 9 heteroatoms. The molecule has 158 valence electrons. The van der Waals surface area contributed by atoms with Gasteiger partial charge in [-0.15, -0.1) is 13.2 Å². The Morgan fingerprint density at radius 2 is 1.61 bits per heavy atom. The molecule has 31 heavy (non-hydrogen) atoms. The summed E-state index contributed by atoms with van der Waals surface area (Å²) in [5, 5.41) is 6.08. The number of aromatic nitrogens is 2. The average molecular weight is 447 g/mol. The fraction of sp³-hybridized carbons (Fsp3) is 0.0909. The smallest absolute Gasteiger partial charge is 0.450 e. The molecule has 5 nitrogen and oxygen atoms in total. The zero-order valence-electron chi connectivity index (χ0n) is 15.8. The van der Waals surface area contributed by atoms with Crippen molar-refractivity contribution < 1.29 is 22.6 Å². The Morgan fingerprint density at radius 1 is 0.935 bits per heavy atom. The minimum absolute atomic E-state index is 0.0187. The van der Waals surface area contributed by atoms with Gasteiger partial charge in [-0.2, -0.15) is 5.10 Å². The van der Waals surface area contributed by atoms with Crippen molar-refractivity contribution in [2.75, 3.05) is 0 Å². The molecular formula is C22H14ClF3N2O3. The highest BCUT2D eigenvalue weighted by atomic mass is 35.5. The number of nitrogens with zero attached hydrogens (tertiary/aromatic N) is 2. The van der Waals surface area contributed by atoms with Gasteiger partial charge in [0.05, 0.1) is 12.7 Å². The van der Waals surface area contributed by atoms with Crippen LogP contribution in [0.2, 0.25) is 5.02 Å². The van der Waals surface area contributed by atoms with E-state index in [4.69, 9.17) is 16.3 Å². The van der Waals surface area contributed by atoms with E-state index in [0.29, 0.717) is 0 Å². The first-order valence-corrected chi connectivity index (χ1v) is 9.44. The van der Waals surface area contributed by atoms with Crippen LogP contribution in [0.5, 0.6) is 17.2 Å². The first kappa shape index (κ1) is 20.7. The summed E-state index contributed by atoms with van der Waals surface area (Å²) in [4.78, 5) is 12.9. The molecule has 1 heterocycles. The predicted octanol–water partition coefficient (Wildman–Crippen LogP) is 5.79. The Balaban J connectivity index is 1.61. The lowest BCUT2D eigenvalue weighted by molar-refractivity contribution is -0.274. The normalized spacial score (nSPS) is 11.5. The van der Waals surface area contributed by atoms with E-state index in [0.717, 1.165) is 28.5 Å². The first-order valence-electron chi connectivity index (χ1n) is 9.06. The Labute approximate surface area is 179 Å². The van der Waals surface area contributed by atoms with E-state index in [9.17, 15) is 18.0 Å². The van der Waals surface area contributed by atoms with Gasteiger partial charge < -0.3 is 9.47 Å².